The lowest BCUT2D eigenvalue weighted by Crippen LogP contribution is -2.36. The summed E-state index contributed by atoms with van der Waals surface area (Å²) in [6.45, 7) is 10.1. The number of para-hydroxylation sites is 1. The van der Waals surface area contributed by atoms with Crippen LogP contribution < -0.4 is 10.2 Å². The van der Waals surface area contributed by atoms with Crippen molar-refractivity contribution >= 4 is 11.8 Å². The molecule has 4 nitrogen and oxygen atoms in total. The number of anilines is 1. The number of hydrogen-bond donors (Lipinski definition) is 1. The maximum Gasteiger partial charge on any atom is 0.414 e. The van der Waals surface area contributed by atoms with Crippen molar-refractivity contribution in [2.45, 2.75) is 52.7 Å². The van der Waals surface area contributed by atoms with E-state index in [0.717, 1.165) is 37.2 Å². The van der Waals surface area contributed by atoms with Crippen LogP contribution in [-0.4, -0.2) is 24.8 Å². The SMILES string of the molecule is C/C=C/CCNCc1cccc2c1N(C(=O)OC(C)(C)C)CC2. The number of amides is 1. The molecule has 2 rings (SSSR count). The third kappa shape index (κ3) is 4.83. The van der Waals surface area contributed by atoms with Gasteiger partial charge in [0.25, 0.3) is 0 Å². The van der Waals surface area contributed by atoms with Gasteiger partial charge in [-0.15, -0.1) is 0 Å². The van der Waals surface area contributed by atoms with Crippen molar-refractivity contribution in [3.8, 4) is 0 Å². The highest BCUT2D eigenvalue weighted by molar-refractivity contribution is 5.91. The average molecular weight is 316 g/mol. The van der Waals surface area contributed by atoms with Gasteiger partial charge in [0.1, 0.15) is 5.60 Å². The molecule has 0 atom stereocenters. The van der Waals surface area contributed by atoms with Gasteiger partial charge in [-0.2, -0.15) is 0 Å². The summed E-state index contributed by atoms with van der Waals surface area (Å²) in [7, 11) is 0. The summed E-state index contributed by atoms with van der Waals surface area (Å²) >= 11 is 0. The van der Waals surface area contributed by atoms with Gasteiger partial charge in [-0.3, -0.25) is 4.90 Å². The summed E-state index contributed by atoms with van der Waals surface area (Å²) in [5.41, 5.74) is 2.94. The molecule has 0 saturated carbocycles. The fraction of sp³-hybridized carbons (Fsp3) is 0.526. The monoisotopic (exact) mass is 316 g/mol. The number of nitrogens with one attached hydrogen (secondary N) is 1. The number of hydrogen-bond acceptors (Lipinski definition) is 3. The summed E-state index contributed by atoms with van der Waals surface area (Å²) in [6, 6.07) is 6.26. The van der Waals surface area contributed by atoms with Crippen molar-refractivity contribution in [3.05, 3.63) is 41.5 Å². The van der Waals surface area contributed by atoms with E-state index in [-0.39, 0.29) is 6.09 Å². The molecule has 1 amide bonds. The molecule has 1 N–H and O–H groups in total. The summed E-state index contributed by atoms with van der Waals surface area (Å²) in [5, 5.41) is 3.44. The normalized spacial score (nSPS) is 14.3. The first-order valence-electron chi connectivity index (χ1n) is 8.35. The molecular weight excluding hydrogens is 288 g/mol. The Morgan fingerprint density at radius 3 is 2.87 bits per heavy atom. The first-order chi connectivity index (χ1) is 10.9. The van der Waals surface area contributed by atoms with Gasteiger partial charge in [-0.25, -0.2) is 4.79 Å². The Morgan fingerprint density at radius 2 is 2.17 bits per heavy atom. The zero-order chi connectivity index (χ0) is 16.9. The summed E-state index contributed by atoms with van der Waals surface area (Å²) < 4.78 is 5.55. The second-order valence-corrected chi connectivity index (χ2v) is 6.84. The molecule has 0 unspecified atom stereocenters. The van der Waals surface area contributed by atoms with Gasteiger partial charge in [0.15, 0.2) is 0 Å². The predicted octanol–water partition coefficient (Wildman–Crippen LogP) is 4.04. The molecular formula is C19H28N2O2. The van der Waals surface area contributed by atoms with E-state index in [1.165, 1.54) is 5.56 Å². The quantitative estimate of drug-likeness (QED) is 0.658. The molecule has 0 radical (unpaired) electrons. The molecule has 1 aromatic rings. The Bertz CT molecular complexity index is 573. The highest BCUT2D eigenvalue weighted by Crippen LogP contribution is 2.33. The van der Waals surface area contributed by atoms with Crippen LogP contribution in [0.5, 0.6) is 0 Å². The molecule has 0 fully saturated rings. The van der Waals surface area contributed by atoms with Crippen LogP contribution >= 0.6 is 0 Å². The third-order valence-electron chi connectivity index (χ3n) is 3.73. The number of allylic oxidation sites excluding steroid dienone is 1. The molecule has 126 valence electrons. The van der Waals surface area contributed by atoms with Crippen molar-refractivity contribution in [1.29, 1.82) is 0 Å². The second-order valence-electron chi connectivity index (χ2n) is 6.84. The Hall–Kier alpha value is -1.81. The predicted molar refractivity (Wildman–Crippen MR) is 94.9 cm³/mol. The van der Waals surface area contributed by atoms with Gasteiger partial charge in [-0.1, -0.05) is 30.4 Å². The van der Waals surface area contributed by atoms with Crippen LogP contribution in [-0.2, 0) is 17.7 Å². The van der Waals surface area contributed by atoms with E-state index < -0.39 is 5.60 Å². The molecule has 0 spiro atoms. The van der Waals surface area contributed by atoms with Crippen LogP contribution in [0.3, 0.4) is 0 Å². The summed E-state index contributed by atoms with van der Waals surface area (Å²) in [6.07, 6.45) is 5.86. The maximum atomic E-state index is 12.5. The first-order valence-corrected chi connectivity index (χ1v) is 8.35. The minimum absolute atomic E-state index is 0.252. The minimum Gasteiger partial charge on any atom is -0.443 e. The first kappa shape index (κ1) is 17.5. The highest BCUT2D eigenvalue weighted by Gasteiger charge is 2.30. The lowest BCUT2D eigenvalue weighted by atomic mass is 10.1. The van der Waals surface area contributed by atoms with Gasteiger partial charge in [0, 0.05) is 13.1 Å². The van der Waals surface area contributed by atoms with Crippen molar-refractivity contribution in [2.24, 2.45) is 0 Å². The fourth-order valence-corrected chi connectivity index (χ4v) is 2.75. The number of fused-ring (bicyclic) bond motifs is 1. The zero-order valence-corrected chi connectivity index (χ0v) is 14.7. The molecule has 0 bridgehead atoms. The number of carbonyl (C=O) groups is 1. The van der Waals surface area contributed by atoms with E-state index in [0.29, 0.717) is 6.54 Å². The topological polar surface area (TPSA) is 41.6 Å². The Balaban J connectivity index is 2.09. The van der Waals surface area contributed by atoms with Crippen LogP contribution in [0, 0.1) is 0 Å². The van der Waals surface area contributed by atoms with Crippen LogP contribution in [0.25, 0.3) is 0 Å². The van der Waals surface area contributed by atoms with Crippen LogP contribution in [0.2, 0.25) is 0 Å². The van der Waals surface area contributed by atoms with Crippen molar-refractivity contribution in [1.82, 2.24) is 5.32 Å². The zero-order valence-electron chi connectivity index (χ0n) is 14.7. The van der Waals surface area contributed by atoms with Gasteiger partial charge in [-0.05, 0) is 58.2 Å². The van der Waals surface area contributed by atoms with Gasteiger partial charge < -0.3 is 10.1 Å². The van der Waals surface area contributed by atoms with Crippen molar-refractivity contribution in [3.63, 3.8) is 0 Å². The van der Waals surface area contributed by atoms with Crippen LogP contribution in [0.4, 0.5) is 10.5 Å². The average Bonchev–Trinajstić information content (AvgIpc) is 2.90. The van der Waals surface area contributed by atoms with E-state index in [1.54, 1.807) is 4.90 Å². The Kier molecular flexibility index (Phi) is 5.83. The molecule has 4 heteroatoms. The Morgan fingerprint density at radius 1 is 1.39 bits per heavy atom. The van der Waals surface area contributed by atoms with Crippen LogP contribution in [0.15, 0.2) is 30.4 Å². The standard InChI is InChI=1S/C19H28N2O2/c1-5-6-7-12-20-14-16-10-8-9-15-11-13-21(17(15)16)18(22)23-19(2,3)4/h5-6,8-10,20H,7,11-14H2,1-4H3/b6-5+. The van der Waals surface area contributed by atoms with Crippen molar-refractivity contribution < 1.29 is 9.53 Å². The van der Waals surface area contributed by atoms with E-state index in [9.17, 15) is 4.79 Å². The summed E-state index contributed by atoms with van der Waals surface area (Å²) in [5.74, 6) is 0. The number of nitrogens with zero attached hydrogens (tertiary/aromatic N) is 1. The highest BCUT2D eigenvalue weighted by atomic mass is 16.6. The molecule has 0 aliphatic carbocycles. The molecule has 0 saturated heterocycles. The molecule has 1 aliphatic heterocycles. The molecule has 1 aromatic carbocycles. The molecule has 1 aliphatic rings. The number of carbonyl (C=O) groups excluding carboxylic acids is 1. The Labute approximate surface area is 139 Å². The van der Waals surface area contributed by atoms with Gasteiger partial charge in [0.05, 0.1) is 5.69 Å². The fourth-order valence-electron chi connectivity index (χ4n) is 2.75. The van der Waals surface area contributed by atoms with Crippen molar-refractivity contribution in [2.75, 3.05) is 18.0 Å². The number of rotatable bonds is 5. The molecule has 1 heterocycles. The third-order valence-corrected chi connectivity index (χ3v) is 3.73. The van der Waals surface area contributed by atoms with E-state index in [4.69, 9.17) is 4.74 Å². The lowest BCUT2D eigenvalue weighted by molar-refractivity contribution is 0.0583. The number of ether oxygens (including phenoxy) is 1. The van der Waals surface area contributed by atoms with E-state index in [1.807, 2.05) is 27.7 Å². The second kappa shape index (κ2) is 7.64. The largest absolute Gasteiger partial charge is 0.443 e. The maximum absolute atomic E-state index is 12.5. The smallest absolute Gasteiger partial charge is 0.414 e. The summed E-state index contributed by atoms with van der Waals surface area (Å²) in [4.78, 5) is 14.2. The van der Waals surface area contributed by atoms with Crippen LogP contribution in [0.1, 0.15) is 45.2 Å². The minimum atomic E-state index is -0.473. The number of benzene rings is 1. The van der Waals surface area contributed by atoms with E-state index in [2.05, 4.69) is 35.7 Å². The molecule has 23 heavy (non-hydrogen) atoms. The van der Waals surface area contributed by atoms with Gasteiger partial charge >= 0.3 is 6.09 Å². The lowest BCUT2D eigenvalue weighted by Gasteiger charge is -2.26. The molecule has 0 aromatic heterocycles. The van der Waals surface area contributed by atoms with Gasteiger partial charge in [0.2, 0.25) is 0 Å². The van der Waals surface area contributed by atoms with E-state index >= 15 is 0 Å².